The van der Waals surface area contributed by atoms with Crippen molar-refractivity contribution in [3.8, 4) is 11.5 Å². The van der Waals surface area contributed by atoms with E-state index in [-0.39, 0.29) is 16.9 Å². The second-order valence-corrected chi connectivity index (χ2v) is 4.37. The van der Waals surface area contributed by atoms with Gasteiger partial charge in [0.25, 0.3) is 5.91 Å². The van der Waals surface area contributed by atoms with Crippen molar-refractivity contribution in [1.82, 2.24) is 5.32 Å². The molecule has 0 radical (unpaired) electrons. The van der Waals surface area contributed by atoms with Gasteiger partial charge in [0, 0.05) is 0 Å². The lowest BCUT2D eigenvalue weighted by Gasteiger charge is -2.17. The van der Waals surface area contributed by atoms with Gasteiger partial charge in [-0.3, -0.25) is 4.79 Å². The van der Waals surface area contributed by atoms with Gasteiger partial charge >= 0.3 is 0 Å². The number of nitrogens with one attached hydrogen (secondary N) is 1. The Morgan fingerprint density at radius 2 is 2.11 bits per heavy atom. The van der Waals surface area contributed by atoms with Gasteiger partial charge in [-0.2, -0.15) is 0 Å². The monoisotopic (exact) mass is 282 g/mol. The van der Waals surface area contributed by atoms with Crippen molar-refractivity contribution in [2.45, 2.75) is 19.4 Å². The van der Waals surface area contributed by atoms with Gasteiger partial charge in [-0.15, -0.1) is 0 Å². The van der Waals surface area contributed by atoms with Crippen LogP contribution in [0.3, 0.4) is 0 Å². The maximum atomic E-state index is 12.2. The molecule has 1 amide bonds. The molecule has 0 aromatic heterocycles. The number of carbonyl (C=O) groups is 1. The summed E-state index contributed by atoms with van der Waals surface area (Å²) in [4.78, 5) is 12.5. The lowest BCUT2D eigenvalue weighted by molar-refractivity contribution is 0.0943. The van der Waals surface area contributed by atoms with E-state index in [2.05, 4.69) is 5.32 Å². The highest BCUT2D eigenvalue weighted by molar-refractivity contribution is 7.80. The van der Waals surface area contributed by atoms with Gasteiger partial charge in [0.05, 0.1) is 30.8 Å². The predicted octanol–water partition coefficient (Wildman–Crippen LogP) is 1.50. The number of amides is 1. The van der Waals surface area contributed by atoms with Crippen molar-refractivity contribution in [3.63, 3.8) is 0 Å². The van der Waals surface area contributed by atoms with Crippen LogP contribution in [0.15, 0.2) is 18.2 Å². The molecule has 0 heterocycles. The Kier molecular flexibility index (Phi) is 5.57. The molecule has 1 aromatic rings. The second-order valence-electron chi connectivity index (χ2n) is 3.90. The molecular formula is C13H18N2O3S. The number of methoxy groups -OCH3 is 2. The van der Waals surface area contributed by atoms with Gasteiger partial charge in [-0.05, 0) is 24.6 Å². The normalized spacial score (nSPS) is 11.5. The van der Waals surface area contributed by atoms with Crippen LogP contribution in [0.5, 0.6) is 11.5 Å². The molecule has 1 aromatic carbocycles. The third-order valence-corrected chi connectivity index (χ3v) is 2.99. The maximum Gasteiger partial charge on any atom is 0.255 e. The molecule has 6 heteroatoms. The van der Waals surface area contributed by atoms with Gasteiger partial charge in [0.1, 0.15) is 11.5 Å². The molecule has 104 valence electrons. The SMILES string of the molecule is CCC(NC(=O)c1cc(OC)ccc1OC)C(N)=S. The fourth-order valence-electron chi connectivity index (χ4n) is 1.60. The summed E-state index contributed by atoms with van der Waals surface area (Å²) in [6.07, 6.45) is 0.632. The third-order valence-electron chi connectivity index (χ3n) is 2.71. The Morgan fingerprint density at radius 1 is 1.42 bits per heavy atom. The molecule has 0 saturated carbocycles. The van der Waals surface area contributed by atoms with Crippen LogP contribution in [-0.4, -0.2) is 31.2 Å². The molecule has 19 heavy (non-hydrogen) atoms. The van der Waals surface area contributed by atoms with Gasteiger partial charge in [0.15, 0.2) is 0 Å². The number of thiocarbonyl (C=S) groups is 1. The zero-order valence-electron chi connectivity index (χ0n) is 11.2. The number of hydrogen-bond acceptors (Lipinski definition) is 4. The smallest absolute Gasteiger partial charge is 0.255 e. The van der Waals surface area contributed by atoms with E-state index in [0.29, 0.717) is 23.5 Å². The third kappa shape index (κ3) is 3.82. The molecule has 0 saturated heterocycles. The average molecular weight is 282 g/mol. The van der Waals surface area contributed by atoms with E-state index in [4.69, 9.17) is 27.4 Å². The maximum absolute atomic E-state index is 12.2. The topological polar surface area (TPSA) is 73.6 Å². The molecule has 0 spiro atoms. The Labute approximate surface area is 118 Å². The first-order valence-electron chi connectivity index (χ1n) is 5.85. The molecule has 5 nitrogen and oxygen atoms in total. The Hall–Kier alpha value is -1.82. The van der Waals surface area contributed by atoms with Crippen LogP contribution in [0, 0.1) is 0 Å². The van der Waals surface area contributed by atoms with Gasteiger partial charge in [-0.25, -0.2) is 0 Å². The van der Waals surface area contributed by atoms with Crippen molar-refractivity contribution < 1.29 is 14.3 Å². The van der Waals surface area contributed by atoms with Crippen LogP contribution in [0.25, 0.3) is 0 Å². The van der Waals surface area contributed by atoms with Gasteiger partial charge < -0.3 is 20.5 Å². The van der Waals surface area contributed by atoms with E-state index < -0.39 is 0 Å². The number of nitrogens with two attached hydrogens (primary N) is 1. The predicted molar refractivity (Wildman–Crippen MR) is 77.9 cm³/mol. The molecule has 0 fully saturated rings. The van der Waals surface area contributed by atoms with Gasteiger partial charge in [-0.1, -0.05) is 19.1 Å². The van der Waals surface area contributed by atoms with Crippen molar-refractivity contribution in [2.24, 2.45) is 5.73 Å². The minimum Gasteiger partial charge on any atom is -0.497 e. The van der Waals surface area contributed by atoms with E-state index >= 15 is 0 Å². The highest BCUT2D eigenvalue weighted by Crippen LogP contribution is 2.23. The van der Waals surface area contributed by atoms with Crippen molar-refractivity contribution in [1.29, 1.82) is 0 Å². The van der Waals surface area contributed by atoms with E-state index in [1.165, 1.54) is 14.2 Å². The standard InChI is InChI=1S/C13H18N2O3S/c1-4-10(12(14)19)15-13(16)9-7-8(17-2)5-6-11(9)18-3/h5-7,10H,4H2,1-3H3,(H2,14,19)(H,15,16). The first-order chi connectivity index (χ1) is 9.03. The molecule has 0 aliphatic heterocycles. The van der Waals surface area contributed by atoms with Crippen LogP contribution >= 0.6 is 12.2 Å². The molecule has 3 N–H and O–H groups in total. The number of carbonyl (C=O) groups excluding carboxylic acids is 1. The lowest BCUT2D eigenvalue weighted by Crippen LogP contribution is -2.43. The van der Waals surface area contributed by atoms with Crippen molar-refractivity contribution >= 4 is 23.1 Å². The minimum atomic E-state index is -0.335. The molecular weight excluding hydrogens is 264 g/mol. The zero-order chi connectivity index (χ0) is 14.4. The van der Waals surface area contributed by atoms with Crippen molar-refractivity contribution in [2.75, 3.05) is 14.2 Å². The van der Waals surface area contributed by atoms with Crippen LogP contribution in [0.4, 0.5) is 0 Å². The number of benzene rings is 1. The molecule has 0 aliphatic carbocycles. The average Bonchev–Trinajstić information content (AvgIpc) is 2.43. The summed E-state index contributed by atoms with van der Waals surface area (Å²) in [5, 5.41) is 2.77. The van der Waals surface area contributed by atoms with Crippen LogP contribution in [0.2, 0.25) is 0 Å². The fourth-order valence-corrected chi connectivity index (χ4v) is 1.83. The molecule has 1 unspecified atom stereocenters. The summed E-state index contributed by atoms with van der Waals surface area (Å²) in [5.41, 5.74) is 5.95. The highest BCUT2D eigenvalue weighted by Gasteiger charge is 2.18. The van der Waals surface area contributed by atoms with Crippen molar-refractivity contribution in [3.05, 3.63) is 23.8 Å². The highest BCUT2D eigenvalue weighted by atomic mass is 32.1. The van der Waals surface area contributed by atoms with E-state index in [1.807, 2.05) is 6.92 Å². The Bertz CT molecular complexity index is 477. The first kappa shape index (κ1) is 15.2. The fraction of sp³-hybridized carbons (Fsp3) is 0.385. The largest absolute Gasteiger partial charge is 0.497 e. The minimum absolute atomic E-state index is 0.262. The number of ether oxygens (including phenoxy) is 2. The second kappa shape index (κ2) is 6.94. The first-order valence-corrected chi connectivity index (χ1v) is 6.26. The summed E-state index contributed by atoms with van der Waals surface area (Å²) in [6, 6.07) is 4.68. The molecule has 1 atom stereocenters. The van der Waals surface area contributed by atoms with Crippen LogP contribution in [-0.2, 0) is 0 Å². The number of rotatable bonds is 6. The summed E-state index contributed by atoms with van der Waals surface area (Å²) in [5.74, 6) is 0.751. The summed E-state index contributed by atoms with van der Waals surface area (Å²) >= 11 is 4.90. The molecule has 0 bridgehead atoms. The lowest BCUT2D eigenvalue weighted by atomic mass is 10.1. The van der Waals surface area contributed by atoms with E-state index in [1.54, 1.807) is 18.2 Å². The van der Waals surface area contributed by atoms with Gasteiger partial charge in [0.2, 0.25) is 0 Å². The summed E-state index contributed by atoms with van der Waals surface area (Å²) < 4.78 is 10.3. The van der Waals surface area contributed by atoms with E-state index in [9.17, 15) is 4.79 Å². The van der Waals surface area contributed by atoms with Crippen LogP contribution < -0.4 is 20.5 Å². The summed E-state index contributed by atoms with van der Waals surface area (Å²) in [7, 11) is 3.04. The van der Waals surface area contributed by atoms with Crippen LogP contribution in [0.1, 0.15) is 23.7 Å². The Balaban J connectivity index is 3.00. The number of hydrogen-bond donors (Lipinski definition) is 2. The molecule has 1 rings (SSSR count). The Morgan fingerprint density at radius 3 is 2.58 bits per heavy atom. The van der Waals surface area contributed by atoms with E-state index in [0.717, 1.165) is 0 Å². The summed E-state index contributed by atoms with van der Waals surface area (Å²) in [6.45, 7) is 1.90. The zero-order valence-corrected chi connectivity index (χ0v) is 12.0. The quantitative estimate of drug-likeness (QED) is 0.774. The molecule has 0 aliphatic rings.